The highest BCUT2D eigenvalue weighted by Gasteiger charge is 2.13. The second-order valence-corrected chi connectivity index (χ2v) is 6.77. The summed E-state index contributed by atoms with van der Waals surface area (Å²) in [5, 5.41) is 5.77. The van der Waals surface area contributed by atoms with E-state index in [0.29, 0.717) is 17.7 Å². The lowest BCUT2D eigenvalue weighted by Gasteiger charge is -2.11. The van der Waals surface area contributed by atoms with Crippen molar-refractivity contribution in [3.63, 3.8) is 0 Å². The Hall–Kier alpha value is -3.47. The molecule has 0 aliphatic carbocycles. The molecule has 0 bridgehead atoms. The SMILES string of the molecule is Cc1ccccc1CNC(=O)c1cncc(C(=O)Nc2cccc(C)c2C)c1. The second-order valence-electron chi connectivity index (χ2n) is 6.77. The predicted octanol–water partition coefficient (Wildman–Crippen LogP) is 4.19. The van der Waals surface area contributed by atoms with Crippen molar-refractivity contribution in [1.29, 1.82) is 0 Å². The van der Waals surface area contributed by atoms with Crippen LogP contribution in [0.1, 0.15) is 43.0 Å². The molecule has 0 atom stereocenters. The van der Waals surface area contributed by atoms with Gasteiger partial charge in [0.25, 0.3) is 11.8 Å². The number of aryl methyl sites for hydroxylation is 2. The van der Waals surface area contributed by atoms with Gasteiger partial charge < -0.3 is 10.6 Å². The van der Waals surface area contributed by atoms with E-state index in [9.17, 15) is 9.59 Å². The Balaban J connectivity index is 1.70. The summed E-state index contributed by atoms with van der Waals surface area (Å²) in [6.07, 6.45) is 2.92. The molecule has 5 heteroatoms. The molecular formula is C23H23N3O2. The van der Waals surface area contributed by atoms with Crippen molar-refractivity contribution in [2.45, 2.75) is 27.3 Å². The largest absolute Gasteiger partial charge is 0.348 e. The number of amides is 2. The molecule has 0 saturated heterocycles. The summed E-state index contributed by atoms with van der Waals surface area (Å²) in [6.45, 7) is 6.37. The van der Waals surface area contributed by atoms with Crippen molar-refractivity contribution < 1.29 is 9.59 Å². The van der Waals surface area contributed by atoms with Gasteiger partial charge in [0.1, 0.15) is 0 Å². The monoisotopic (exact) mass is 373 g/mol. The zero-order valence-electron chi connectivity index (χ0n) is 16.2. The first-order valence-corrected chi connectivity index (χ1v) is 9.11. The molecule has 2 aromatic carbocycles. The van der Waals surface area contributed by atoms with Gasteiger partial charge in [-0.15, -0.1) is 0 Å². The number of pyridine rings is 1. The number of aromatic nitrogens is 1. The van der Waals surface area contributed by atoms with Crippen LogP contribution >= 0.6 is 0 Å². The van der Waals surface area contributed by atoms with Gasteiger partial charge in [-0.25, -0.2) is 0 Å². The minimum atomic E-state index is -0.297. The summed E-state index contributed by atoms with van der Waals surface area (Å²) in [5.74, 6) is -0.563. The van der Waals surface area contributed by atoms with E-state index >= 15 is 0 Å². The van der Waals surface area contributed by atoms with Crippen LogP contribution in [0.3, 0.4) is 0 Å². The molecule has 28 heavy (non-hydrogen) atoms. The van der Waals surface area contributed by atoms with Crippen LogP contribution in [0.15, 0.2) is 60.9 Å². The summed E-state index contributed by atoms with van der Waals surface area (Å²) >= 11 is 0. The van der Waals surface area contributed by atoms with E-state index in [4.69, 9.17) is 0 Å². The van der Waals surface area contributed by atoms with Crippen molar-refractivity contribution in [3.8, 4) is 0 Å². The fraction of sp³-hybridized carbons (Fsp3) is 0.174. The summed E-state index contributed by atoms with van der Waals surface area (Å²) in [5.41, 5.74) is 5.71. The van der Waals surface area contributed by atoms with Gasteiger partial charge in [0.15, 0.2) is 0 Å². The van der Waals surface area contributed by atoms with Gasteiger partial charge in [0, 0.05) is 24.6 Å². The molecule has 3 rings (SSSR count). The predicted molar refractivity (Wildman–Crippen MR) is 110 cm³/mol. The van der Waals surface area contributed by atoms with Gasteiger partial charge >= 0.3 is 0 Å². The van der Waals surface area contributed by atoms with Crippen LogP contribution < -0.4 is 10.6 Å². The Morgan fingerprint density at radius 3 is 2.29 bits per heavy atom. The Morgan fingerprint density at radius 2 is 1.54 bits per heavy atom. The number of nitrogens with one attached hydrogen (secondary N) is 2. The molecule has 0 fully saturated rings. The standard InChI is InChI=1S/C23H23N3O2/c1-15-8-6-10-21(17(15)3)26-23(28)20-11-19(12-24-13-20)22(27)25-14-18-9-5-4-7-16(18)2/h4-13H,14H2,1-3H3,(H,25,27)(H,26,28). The van der Waals surface area contributed by atoms with Crippen LogP contribution in [0, 0.1) is 20.8 Å². The van der Waals surface area contributed by atoms with Crippen molar-refractivity contribution >= 4 is 17.5 Å². The van der Waals surface area contributed by atoms with Gasteiger partial charge in [0.2, 0.25) is 0 Å². The van der Waals surface area contributed by atoms with E-state index in [1.165, 1.54) is 12.4 Å². The fourth-order valence-electron chi connectivity index (χ4n) is 2.86. The number of hydrogen-bond donors (Lipinski definition) is 2. The van der Waals surface area contributed by atoms with E-state index in [2.05, 4.69) is 15.6 Å². The smallest absolute Gasteiger partial charge is 0.257 e. The lowest BCUT2D eigenvalue weighted by Crippen LogP contribution is -2.24. The van der Waals surface area contributed by atoms with Crippen molar-refractivity contribution in [2.24, 2.45) is 0 Å². The van der Waals surface area contributed by atoms with Crippen LogP contribution in [0.25, 0.3) is 0 Å². The lowest BCUT2D eigenvalue weighted by molar-refractivity contribution is 0.0950. The molecule has 0 saturated carbocycles. The summed E-state index contributed by atoms with van der Waals surface area (Å²) in [7, 11) is 0. The Morgan fingerprint density at radius 1 is 0.857 bits per heavy atom. The van der Waals surface area contributed by atoms with Crippen LogP contribution in [0.5, 0.6) is 0 Å². The van der Waals surface area contributed by atoms with Gasteiger partial charge in [-0.3, -0.25) is 14.6 Å². The quantitative estimate of drug-likeness (QED) is 0.704. The molecule has 5 nitrogen and oxygen atoms in total. The average molecular weight is 373 g/mol. The molecule has 0 aliphatic heterocycles. The van der Waals surface area contributed by atoms with Crippen molar-refractivity contribution in [1.82, 2.24) is 10.3 Å². The molecular weight excluding hydrogens is 350 g/mol. The zero-order chi connectivity index (χ0) is 20.1. The molecule has 1 aromatic heterocycles. The van der Waals surface area contributed by atoms with E-state index in [1.54, 1.807) is 6.07 Å². The molecule has 0 aliphatic rings. The lowest BCUT2D eigenvalue weighted by atomic mass is 10.1. The van der Waals surface area contributed by atoms with Crippen LogP contribution in [0.4, 0.5) is 5.69 Å². The second kappa shape index (κ2) is 8.48. The van der Waals surface area contributed by atoms with Gasteiger partial charge in [-0.1, -0.05) is 36.4 Å². The normalized spacial score (nSPS) is 10.4. The molecule has 0 spiro atoms. The first-order valence-electron chi connectivity index (χ1n) is 9.11. The molecule has 1 heterocycles. The number of carbonyl (C=O) groups excluding carboxylic acids is 2. The molecule has 0 unspecified atom stereocenters. The highest BCUT2D eigenvalue weighted by Crippen LogP contribution is 2.19. The first-order chi connectivity index (χ1) is 13.5. The maximum atomic E-state index is 12.6. The minimum absolute atomic E-state index is 0.267. The number of nitrogens with zero attached hydrogens (tertiary/aromatic N) is 1. The highest BCUT2D eigenvalue weighted by atomic mass is 16.2. The van der Waals surface area contributed by atoms with Gasteiger partial charge in [-0.2, -0.15) is 0 Å². The third kappa shape index (κ3) is 4.43. The fourth-order valence-corrected chi connectivity index (χ4v) is 2.86. The summed E-state index contributed by atoms with van der Waals surface area (Å²) in [6, 6.07) is 15.2. The topological polar surface area (TPSA) is 71.1 Å². The third-order valence-electron chi connectivity index (χ3n) is 4.82. The van der Waals surface area contributed by atoms with Crippen LogP contribution in [0.2, 0.25) is 0 Å². The number of hydrogen-bond acceptors (Lipinski definition) is 3. The maximum Gasteiger partial charge on any atom is 0.257 e. The molecule has 3 aromatic rings. The summed E-state index contributed by atoms with van der Waals surface area (Å²) in [4.78, 5) is 29.1. The minimum Gasteiger partial charge on any atom is -0.348 e. The number of rotatable bonds is 5. The average Bonchev–Trinajstić information content (AvgIpc) is 2.70. The Labute approximate surface area is 164 Å². The Kier molecular flexibility index (Phi) is 5.84. The zero-order valence-corrected chi connectivity index (χ0v) is 16.2. The maximum absolute atomic E-state index is 12.6. The van der Waals surface area contributed by atoms with Gasteiger partial charge in [-0.05, 0) is 55.2 Å². The van der Waals surface area contributed by atoms with Crippen LogP contribution in [-0.2, 0) is 6.54 Å². The molecule has 2 amide bonds. The third-order valence-corrected chi connectivity index (χ3v) is 4.82. The van der Waals surface area contributed by atoms with Crippen LogP contribution in [-0.4, -0.2) is 16.8 Å². The first kappa shape index (κ1) is 19.3. The number of benzene rings is 2. The molecule has 0 radical (unpaired) electrons. The molecule has 2 N–H and O–H groups in total. The Bertz CT molecular complexity index is 1030. The van der Waals surface area contributed by atoms with E-state index in [0.717, 1.165) is 27.9 Å². The van der Waals surface area contributed by atoms with Gasteiger partial charge in [0.05, 0.1) is 11.1 Å². The van der Waals surface area contributed by atoms with Crippen molar-refractivity contribution in [2.75, 3.05) is 5.32 Å². The highest BCUT2D eigenvalue weighted by molar-refractivity contribution is 6.06. The summed E-state index contributed by atoms with van der Waals surface area (Å²) < 4.78 is 0. The number of anilines is 1. The number of carbonyl (C=O) groups is 2. The van der Waals surface area contributed by atoms with E-state index in [1.807, 2.05) is 63.2 Å². The van der Waals surface area contributed by atoms with Crippen molar-refractivity contribution in [3.05, 3.63) is 94.3 Å². The van der Waals surface area contributed by atoms with E-state index < -0.39 is 0 Å². The van der Waals surface area contributed by atoms with E-state index in [-0.39, 0.29) is 11.8 Å². The molecule has 142 valence electrons.